The van der Waals surface area contributed by atoms with Crippen molar-refractivity contribution in [2.45, 2.75) is 6.92 Å². The Kier molecular flexibility index (Phi) is 4.73. The first kappa shape index (κ1) is 14.1. The molecule has 2 aromatic rings. The predicted octanol–water partition coefficient (Wildman–Crippen LogP) is 2.44. The van der Waals surface area contributed by atoms with E-state index in [-0.39, 0.29) is 0 Å². The van der Waals surface area contributed by atoms with E-state index in [2.05, 4.69) is 5.43 Å². The number of rotatable bonds is 6. The molecule has 0 aliphatic carbocycles. The monoisotopic (exact) mass is 290 g/mol. The lowest BCUT2D eigenvalue weighted by atomic mass is 10.2. The number of carbonyl (C=O) groups is 1. The molecule has 0 radical (unpaired) electrons. The van der Waals surface area contributed by atoms with Crippen LogP contribution in [0.3, 0.4) is 0 Å². The number of para-hydroxylation sites is 1. The average molecular weight is 290 g/mol. The second-order valence-electron chi connectivity index (χ2n) is 4.02. The minimum Gasteiger partial charge on any atom is -0.384 e. The van der Waals surface area contributed by atoms with E-state index < -0.39 is 11.3 Å². The highest BCUT2D eigenvalue weighted by molar-refractivity contribution is 7.78. The smallest absolute Gasteiger partial charge is 0.340 e. The number of amides is 1. The molecule has 0 bridgehead atoms. The van der Waals surface area contributed by atoms with Crippen LogP contribution in [0.4, 0.5) is 5.69 Å². The lowest BCUT2D eigenvalue weighted by Crippen LogP contribution is -2.33. The Morgan fingerprint density at radius 1 is 1.10 bits per heavy atom. The number of benzene rings is 2. The maximum atomic E-state index is 12.0. The van der Waals surface area contributed by atoms with Crippen molar-refractivity contribution >= 4 is 23.4 Å². The van der Waals surface area contributed by atoms with Crippen molar-refractivity contribution in [1.29, 1.82) is 0 Å². The van der Waals surface area contributed by atoms with Gasteiger partial charge in [0.2, 0.25) is 6.41 Å². The van der Waals surface area contributed by atoms with Crippen LogP contribution < -0.4 is 9.61 Å². The highest BCUT2D eigenvalue weighted by atomic mass is 32.2. The van der Waals surface area contributed by atoms with Gasteiger partial charge in [-0.15, -0.1) is 4.41 Å². The number of hydrazine groups is 1. The molecule has 0 fully saturated rings. The van der Waals surface area contributed by atoms with E-state index in [0.29, 0.717) is 17.8 Å². The molecule has 1 amide bonds. The molecule has 104 valence electrons. The number of nitrogens with one attached hydrogen (secondary N) is 1. The van der Waals surface area contributed by atoms with Gasteiger partial charge in [-0.1, -0.05) is 35.9 Å². The van der Waals surface area contributed by atoms with E-state index in [1.165, 1.54) is 0 Å². The first-order valence-electron chi connectivity index (χ1n) is 5.92. The third-order valence-electron chi connectivity index (χ3n) is 2.46. The van der Waals surface area contributed by atoms with E-state index in [0.717, 1.165) is 9.98 Å². The summed E-state index contributed by atoms with van der Waals surface area (Å²) in [5, 5.41) is 0. The van der Waals surface area contributed by atoms with Crippen molar-refractivity contribution in [2.75, 3.05) is 5.43 Å². The Morgan fingerprint density at radius 2 is 1.75 bits per heavy atom. The lowest BCUT2D eigenvalue weighted by Gasteiger charge is -2.17. The third kappa shape index (κ3) is 3.83. The number of hydrogen-bond acceptors (Lipinski definition) is 4. The van der Waals surface area contributed by atoms with Gasteiger partial charge in [-0.05, 0) is 31.2 Å². The fourth-order valence-electron chi connectivity index (χ4n) is 1.45. The van der Waals surface area contributed by atoms with Crippen molar-refractivity contribution in [1.82, 2.24) is 4.41 Å². The van der Waals surface area contributed by atoms with Crippen molar-refractivity contribution in [3.63, 3.8) is 0 Å². The molecule has 6 heteroatoms. The van der Waals surface area contributed by atoms with Crippen LogP contribution in [0.2, 0.25) is 0 Å². The van der Waals surface area contributed by atoms with Crippen molar-refractivity contribution in [3.8, 4) is 5.75 Å². The summed E-state index contributed by atoms with van der Waals surface area (Å²) in [6.07, 6.45) is 0.414. The molecular weight excluding hydrogens is 276 g/mol. The first-order valence-corrected chi connectivity index (χ1v) is 6.95. The minimum absolute atomic E-state index is 0.414. The largest absolute Gasteiger partial charge is 0.384 e. The van der Waals surface area contributed by atoms with Crippen molar-refractivity contribution < 1.29 is 13.2 Å². The van der Waals surface area contributed by atoms with Crippen LogP contribution in [0.5, 0.6) is 5.75 Å². The molecule has 2 rings (SSSR count). The molecule has 0 aliphatic heterocycles. The quantitative estimate of drug-likeness (QED) is 0.656. The Hall–Kier alpha value is -2.34. The molecule has 1 N–H and O–H groups in total. The van der Waals surface area contributed by atoms with Gasteiger partial charge in [0.25, 0.3) is 0 Å². The van der Waals surface area contributed by atoms with E-state index in [1.54, 1.807) is 36.4 Å². The van der Waals surface area contributed by atoms with E-state index in [9.17, 15) is 9.00 Å². The summed E-state index contributed by atoms with van der Waals surface area (Å²) in [6.45, 7) is 1.94. The Morgan fingerprint density at radius 3 is 2.35 bits per heavy atom. The summed E-state index contributed by atoms with van der Waals surface area (Å²) in [4.78, 5) is 11.0. The van der Waals surface area contributed by atoms with Crippen LogP contribution in [0.15, 0.2) is 54.6 Å². The van der Waals surface area contributed by atoms with Crippen LogP contribution in [-0.2, 0) is 16.1 Å². The SMILES string of the molecule is Cc1ccc(OS(=O)N(C=O)Nc2ccccc2)cc1. The fraction of sp³-hybridized carbons (Fsp3) is 0.0714. The van der Waals surface area contributed by atoms with Gasteiger partial charge in [-0.3, -0.25) is 10.2 Å². The number of nitrogens with zero attached hydrogens (tertiary/aromatic N) is 1. The first-order chi connectivity index (χ1) is 9.69. The molecule has 0 saturated heterocycles. The summed E-state index contributed by atoms with van der Waals surface area (Å²) in [6, 6.07) is 16.0. The van der Waals surface area contributed by atoms with Gasteiger partial charge in [-0.25, -0.2) is 0 Å². The van der Waals surface area contributed by atoms with Crippen molar-refractivity contribution in [3.05, 3.63) is 60.2 Å². The van der Waals surface area contributed by atoms with Gasteiger partial charge in [0, 0.05) is 0 Å². The number of aryl methyl sites for hydroxylation is 1. The highest BCUT2D eigenvalue weighted by Gasteiger charge is 2.13. The van der Waals surface area contributed by atoms with Gasteiger partial charge in [-0.2, -0.15) is 4.21 Å². The summed E-state index contributed by atoms with van der Waals surface area (Å²) >= 11 is -1.96. The molecule has 20 heavy (non-hydrogen) atoms. The Labute approximate surface area is 119 Å². The topological polar surface area (TPSA) is 58.6 Å². The maximum absolute atomic E-state index is 12.0. The molecule has 5 nitrogen and oxygen atoms in total. The Bertz CT molecular complexity index is 587. The number of anilines is 1. The maximum Gasteiger partial charge on any atom is 0.340 e. The predicted molar refractivity (Wildman–Crippen MR) is 77.9 cm³/mol. The Balaban J connectivity index is 2.02. The fourth-order valence-corrected chi connectivity index (χ4v) is 2.06. The zero-order chi connectivity index (χ0) is 14.4. The standard InChI is InChI=1S/C14H14N2O3S/c1-12-7-9-14(10-8-12)19-20(18)16(11-17)15-13-5-3-2-4-6-13/h2-11,15H,1H3. The second-order valence-corrected chi connectivity index (χ2v) is 5.02. The molecule has 0 spiro atoms. The van der Waals surface area contributed by atoms with E-state index >= 15 is 0 Å². The number of carbonyl (C=O) groups excluding carboxylic acids is 1. The van der Waals surface area contributed by atoms with Gasteiger partial charge in [0.1, 0.15) is 5.75 Å². The van der Waals surface area contributed by atoms with E-state index in [4.69, 9.17) is 4.18 Å². The molecule has 1 unspecified atom stereocenters. The molecular formula is C14H14N2O3S. The molecule has 2 aromatic carbocycles. The average Bonchev–Trinajstić information content (AvgIpc) is 2.48. The minimum atomic E-state index is -1.96. The second kappa shape index (κ2) is 6.72. The van der Waals surface area contributed by atoms with Gasteiger partial charge in [0.05, 0.1) is 5.69 Å². The molecule has 0 saturated carbocycles. The normalized spacial score (nSPS) is 11.4. The van der Waals surface area contributed by atoms with Crippen LogP contribution in [0.25, 0.3) is 0 Å². The van der Waals surface area contributed by atoms with Crippen LogP contribution in [0.1, 0.15) is 5.56 Å². The zero-order valence-corrected chi connectivity index (χ0v) is 11.7. The summed E-state index contributed by atoms with van der Waals surface area (Å²) < 4.78 is 18.0. The molecule has 0 aromatic heterocycles. The number of hydrogen-bond donors (Lipinski definition) is 1. The highest BCUT2D eigenvalue weighted by Crippen LogP contribution is 2.14. The zero-order valence-electron chi connectivity index (χ0n) is 10.9. The summed E-state index contributed by atoms with van der Waals surface area (Å²) in [5.74, 6) is 0.427. The molecule has 0 heterocycles. The molecule has 1 atom stereocenters. The van der Waals surface area contributed by atoms with Crippen LogP contribution in [-0.4, -0.2) is 15.0 Å². The molecule has 0 aliphatic rings. The summed E-state index contributed by atoms with van der Waals surface area (Å²) in [5.41, 5.74) is 4.41. The summed E-state index contributed by atoms with van der Waals surface area (Å²) in [7, 11) is 0. The van der Waals surface area contributed by atoms with Gasteiger partial charge in [0.15, 0.2) is 0 Å². The van der Waals surface area contributed by atoms with Crippen LogP contribution in [0, 0.1) is 6.92 Å². The lowest BCUT2D eigenvalue weighted by molar-refractivity contribution is -0.113. The van der Waals surface area contributed by atoms with Crippen LogP contribution >= 0.6 is 0 Å². The van der Waals surface area contributed by atoms with Crippen molar-refractivity contribution in [2.24, 2.45) is 0 Å². The van der Waals surface area contributed by atoms with Gasteiger partial charge < -0.3 is 4.18 Å². The third-order valence-corrected chi connectivity index (χ3v) is 3.29. The van der Waals surface area contributed by atoms with E-state index in [1.807, 2.05) is 25.1 Å². The van der Waals surface area contributed by atoms with Gasteiger partial charge >= 0.3 is 11.3 Å².